The maximum Gasteiger partial charge on any atom is 0.407 e. The van der Waals surface area contributed by atoms with Crippen LogP contribution in [0.5, 0.6) is 5.75 Å². The van der Waals surface area contributed by atoms with Gasteiger partial charge in [0, 0.05) is 24.9 Å². The third kappa shape index (κ3) is 4.23. The number of piperidine rings is 2. The van der Waals surface area contributed by atoms with Gasteiger partial charge in [0.1, 0.15) is 11.9 Å². The van der Waals surface area contributed by atoms with E-state index in [0.29, 0.717) is 30.2 Å². The number of rotatable bonds is 5. The molecule has 1 amide bonds. The van der Waals surface area contributed by atoms with Crippen LogP contribution in [0.4, 0.5) is 4.79 Å². The van der Waals surface area contributed by atoms with Crippen LogP contribution in [0.1, 0.15) is 44.6 Å². The van der Waals surface area contributed by atoms with Crippen LogP contribution in [-0.4, -0.2) is 46.9 Å². The molecular formula is C19H24ClNO5. The molecule has 0 aromatic heterocycles. The zero-order valence-corrected chi connectivity index (χ0v) is 15.6. The summed E-state index contributed by atoms with van der Waals surface area (Å²) in [6.07, 6.45) is 3.50. The largest absolute Gasteiger partial charge is 0.489 e. The van der Waals surface area contributed by atoms with Gasteiger partial charge in [0.15, 0.2) is 0 Å². The van der Waals surface area contributed by atoms with Gasteiger partial charge >= 0.3 is 12.1 Å². The summed E-state index contributed by atoms with van der Waals surface area (Å²) < 4.78 is 11.0. The maximum absolute atomic E-state index is 11.6. The third-order valence-electron chi connectivity index (χ3n) is 5.10. The highest BCUT2D eigenvalue weighted by Crippen LogP contribution is 2.37. The Morgan fingerprint density at radius 2 is 1.96 bits per heavy atom. The highest BCUT2D eigenvalue weighted by molar-refractivity contribution is 6.32. The lowest BCUT2D eigenvalue weighted by Crippen LogP contribution is -2.56. The Hall–Kier alpha value is -1.95. The van der Waals surface area contributed by atoms with E-state index in [-0.39, 0.29) is 30.6 Å². The average molecular weight is 382 g/mol. The molecule has 0 radical (unpaired) electrons. The maximum atomic E-state index is 11.6. The molecule has 0 aliphatic carbocycles. The molecule has 3 atom stereocenters. The molecule has 2 aliphatic heterocycles. The Bertz CT molecular complexity index is 666. The molecule has 1 N–H and O–H groups in total. The van der Waals surface area contributed by atoms with Gasteiger partial charge in [0.25, 0.3) is 0 Å². The monoisotopic (exact) mass is 381 g/mol. The van der Waals surface area contributed by atoms with Crippen molar-refractivity contribution in [2.75, 3.05) is 6.61 Å². The molecule has 142 valence electrons. The average Bonchev–Trinajstić information content (AvgIpc) is 2.56. The molecule has 2 heterocycles. The molecule has 2 fully saturated rings. The highest BCUT2D eigenvalue weighted by Gasteiger charge is 2.41. The van der Waals surface area contributed by atoms with Crippen molar-refractivity contribution in [3.05, 3.63) is 28.8 Å². The quantitative estimate of drug-likeness (QED) is 0.783. The molecule has 7 heteroatoms. The van der Waals surface area contributed by atoms with Gasteiger partial charge in [-0.1, -0.05) is 17.7 Å². The first kappa shape index (κ1) is 18.8. The van der Waals surface area contributed by atoms with Crippen LogP contribution < -0.4 is 4.74 Å². The summed E-state index contributed by atoms with van der Waals surface area (Å²) in [5, 5.41) is 9.89. The Morgan fingerprint density at radius 3 is 2.54 bits per heavy atom. The van der Waals surface area contributed by atoms with Crippen LogP contribution in [0, 0.1) is 0 Å². The van der Waals surface area contributed by atoms with Gasteiger partial charge in [-0.3, -0.25) is 4.79 Å². The van der Waals surface area contributed by atoms with Crippen LogP contribution in [0.15, 0.2) is 18.2 Å². The number of ether oxygens (including phenoxy) is 2. The molecule has 2 bridgehead atoms. The molecule has 1 aromatic rings. The normalized spacial score (nSPS) is 24.8. The zero-order chi connectivity index (χ0) is 18.7. The number of amides is 1. The number of hydrogen-bond donors (Lipinski definition) is 1. The van der Waals surface area contributed by atoms with Gasteiger partial charge in [-0.2, -0.15) is 0 Å². The van der Waals surface area contributed by atoms with Crippen molar-refractivity contribution >= 4 is 23.7 Å². The highest BCUT2D eigenvalue weighted by atomic mass is 35.5. The number of fused-ring (bicyclic) bond motifs is 2. The van der Waals surface area contributed by atoms with Gasteiger partial charge < -0.3 is 19.5 Å². The van der Waals surface area contributed by atoms with E-state index in [0.717, 1.165) is 24.8 Å². The summed E-state index contributed by atoms with van der Waals surface area (Å²) in [6.45, 7) is 2.12. The first-order chi connectivity index (χ1) is 12.5. The Balaban J connectivity index is 1.64. The van der Waals surface area contributed by atoms with Gasteiger partial charge in [-0.25, -0.2) is 4.79 Å². The minimum atomic E-state index is -0.834. The second-order valence-corrected chi connectivity index (χ2v) is 7.29. The Labute approximate surface area is 158 Å². The predicted molar refractivity (Wildman–Crippen MR) is 96.7 cm³/mol. The number of hydrogen-bond acceptors (Lipinski definition) is 4. The number of halogens is 1. The lowest BCUT2D eigenvalue weighted by Gasteiger charge is -2.47. The molecule has 1 aromatic carbocycles. The van der Waals surface area contributed by atoms with Crippen LogP contribution >= 0.6 is 11.6 Å². The number of nitrogens with zero attached hydrogens (tertiary/aromatic N) is 1. The first-order valence-corrected chi connectivity index (χ1v) is 9.47. The first-order valence-electron chi connectivity index (χ1n) is 9.10. The summed E-state index contributed by atoms with van der Waals surface area (Å²) in [7, 11) is 0. The fourth-order valence-corrected chi connectivity index (χ4v) is 4.30. The Kier molecular flexibility index (Phi) is 5.91. The number of benzene rings is 1. The van der Waals surface area contributed by atoms with Crippen molar-refractivity contribution in [1.82, 2.24) is 4.90 Å². The standard InChI is InChI=1S/C19H24ClNO5/c1-2-25-18(22)9-12-6-7-17(16(20)8-12)26-15-10-13-4-3-5-14(11-15)21(13)19(23)24/h6-8,13-15H,2-5,9-11H2,1H3,(H,23,24)/t13-,14+,15+. The number of carbonyl (C=O) groups is 2. The summed E-state index contributed by atoms with van der Waals surface area (Å²) in [4.78, 5) is 24.7. The second-order valence-electron chi connectivity index (χ2n) is 6.89. The van der Waals surface area contributed by atoms with Gasteiger partial charge in [-0.15, -0.1) is 0 Å². The van der Waals surface area contributed by atoms with E-state index in [9.17, 15) is 14.7 Å². The molecule has 2 saturated heterocycles. The van der Waals surface area contributed by atoms with Gasteiger partial charge in [-0.05, 0) is 43.9 Å². The van der Waals surface area contributed by atoms with E-state index in [4.69, 9.17) is 21.1 Å². The molecule has 26 heavy (non-hydrogen) atoms. The SMILES string of the molecule is CCOC(=O)Cc1ccc(O[C@H]2C[C@H]3CCC[C@@H](C2)N3C(=O)O)c(Cl)c1. The van der Waals surface area contributed by atoms with Gasteiger partial charge in [0.2, 0.25) is 0 Å². The van der Waals surface area contributed by atoms with E-state index < -0.39 is 6.09 Å². The second kappa shape index (κ2) is 8.16. The summed E-state index contributed by atoms with van der Waals surface area (Å²) >= 11 is 6.33. The number of carbonyl (C=O) groups excluding carboxylic acids is 1. The third-order valence-corrected chi connectivity index (χ3v) is 5.39. The fraction of sp³-hybridized carbons (Fsp3) is 0.579. The molecule has 0 spiro atoms. The van der Waals surface area contributed by atoms with E-state index in [2.05, 4.69) is 0 Å². The van der Waals surface area contributed by atoms with E-state index in [1.807, 2.05) is 6.07 Å². The van der Waals surface area contributed by atoms with E-state index >= 15 is 0 Å². The van der Waals surface area contributed by atoms with E-state index in [1.165, 1.54) is 0 Å². The summed E-state index contributed by atoms with van der Waals surface area (Å²) in [6, 6.07) is 5.35. The topological polar surface area (TPSA) is 76.1 Å². The zero-order valence-electron chi connectivity index (χ0n) is 14.8. The van der Waals surface area contributed by atoms with Crippen molar-refractivity contribution in [3.63, 3.8) is 0 Å². The van der Waals surface area contributed by atoms with Crippen LogP contribution in [-0.2, 0) is 16.0 Å². The van der Waals surface area contributed by atoms with E-state index in [1.54, 1.807) is 24.0 Å². The molecule has 0 saturated carbocycles. The Morgan fingerprint density at radius 1 is 1.27 bits per heavy atom. The number of esters is 1. The minimum Gasteiger partial charge on any atom is -0.489 e. The van der Waals surface area contributed by atoms with Crippen LogP contribution in [0.3, 0.4) is 0 Å². The predicted octanol–water partition coefficient (Wildman–Crippen LogP) is 3.89. The van der Waals surface area contributed by atoms with Crippen molar-refractivity contribution in [2.45, 2.75) is 63.6 Å². The fourth-order valence-electron chi connectivity index (χ4n) is 4.05. The van der Waals surface area contributed by atoms with Crippen molar-refractivity contribution in [3.8, 4) is 5.75 Å². The minimum absolute atomic E-state index is 0.0202. The smallest absolute Gasteiger partial charge is 0.407 e. The summed E-state index contributed by atoms with van der Waals surface area (Å²) in [5.41, 5.74) is 0.776. The van der Waals surface area contributed by atoms with Crippen molar-refractivity contribution in [2.24, 2.45) is 0 Å². The molecule has 6 nitrogen and oxygen atoms in total. The molecule has 2 aliphatic rings. The lowest BCUT2D eigenvalue weighted by molar-refractivity contribution is -0.142. The molecule has 3 rings (SSSR count). The summed E-state index contributed by atoms with van der Waals surface area (Å²) in [5.74, 6) is 0.289. The number of carboxylic acid groups (broad SMARTS) is 1. The van der Waals surface area contributed by atoms with Crippen LogP contribution in [0.25, 0.3) is 0 Å². The lowest BCUT2D eigenvalue weighted by atomic mass is 9.83. The molecule has 0 unspecified atom stereocenters. The van der Waals surface area contributed by atoms with Crippen molar-refractivity contribution in [1.29, 1.82) is 0 Å². The van der Waals surface area contributed by atoms with Crippen molar-refractivity contribution < 1.29 is 24.2 Å². The van der Waals surface area contributed by atoms with Gasteiger partial charge in [0.05, 0.1) is 18.1 Å². The van der Waals surface area contributed by atoms with Crippen LogP contribution in [0.2, 0.25) is 5.02 Å². The molecular weight excluding hydrogens is 358 g/mol.